The van der Waals surface area contributed by atoms with Crippen molar-refractivity contribution >= 4 is 33.2 Å². The smallest absolute Gasteiger partial charge is 0.217 e. The third-order valence-corrected chi connectivity index (χ3v) is 5.84. The fourth-order valence-electron chi connectivity index (χ4n) is 3.79. The molecule has 2 heterocycles. The minimum atomic E-state index is -0.557. The van der Waals surface area contributed by atoms with Crippen molar-refractivity contribution in [3.63, 3.8) is 0 Å². The van der Waals surface area contributed by atoms with Gasteiger partial charge in [0.05, 0.1) is 17.3 Å². The maximum Gasteiger partial charge on any atom is 0.217 e. The molecule has 28 heavy (non-hydrogen) atoms. The van der Waals surface area contributed by atoms with Gasteiger partial charge in [0.2, 0.25) is 6.23 Å². The van der Waals surface area contributed by atoms with E-state index in [0.717, 1.165) is 33.5 Å². The highest BCUT2D eigenvalue weighted by Gasteiger charge is 2.42. The van der Waals surface area contributed by atoms with E-state index in [9.17, 15) is 5.11 Å². The lowest BCUT2D eigenvalue weighted by atomic mass is 9.96. The van der Waals surface area contributed by atoms with Crippen LogP contribution >= 0.6 is 27.5 Å². The van der Waals surface area contributed by atoms with Crippen LogP contribution in [0, 0.1) is 0 Å². The third-order valence-electron chi connectivity index (χ3n) is 5.11. The minimum absolute atomic E-state index is 0.0137. The summed E-state index contributed by atoms with van der Waals surface area (Å²) in [6.45, 7) is 0. The highest BCUT2D eigenvalue weighted by molar-refractivity contribution is 9.10. The summed E-state index contributed by atoms with van der Waals surface area (Å²) in [6.07, 6.45) is 0.202. The topological polar surface area (TPSA) is 45.1 Å². The quantitative estimate of drug-likeness (QED) is 0.511. The van der Waals surface area contributed by atoms with E-state index in [4.69, 9.17) is 21.4 Å². The zero-order valence-electron chi connectivity index (χ0n) is 14.7. The standard InChI is InChI=1S/C22H16BrClN2O2/c23-14-6-9-21-16(10-14)19-12-18(13-4-2-1-3-5-13)25-26(19)22(28-21)17-11-15(24)7-8-20(17)27/h1-11,19,22,27H,12H2/t19-,22-/m0/s1. The van der Waals surface area contributed by atoms with Gasteiger partial charge in [-0.25, -0.2) is 5.01 Å². The molecule has 3 aromatic carbocycles. The molecule has 6 heteroatoms. The van der Waals surface area contributed by atoms with Crippen molar-refractivity contribution in [2.75, 3.05) is 0 Å². The molecule has 0 radical (unpaired) electrons. The molecule has 2 aliphatic rings. The van der Waals surface area contributed by atoms with E-state index in [2.05, 4.69) is 34.1 Å². The normalized spacial score (nSPS) is 20.2. The molecule has 2 aliphatic heterocycles. The molecule has 0 bridgehead atoms. The van der Waals surface area contributed by atoms with E-state index < -0.39 is 6.23 Å². The van der Waals surface area contributed by atoms with Gasteiger partial charge in [-0.15, -0.1) is 0 Å². The molecule has 4 nitrogen and oxygen atoms in total. The van der Waals surface area contributed by atoms with Gasteiger partial charge in [0.15, 0.2) is 0 Å². The number of benzene rings is 3. The van der Waals surface area contributed by atoms with Crippen LogP contribution in [-0.4, -0.2) is 15.8 Å². The number of fused-ring (bicyclic) bond motifs is 3. The number of hydrazone groups is 1. The van der Waals surface area contributed by atoms with Gasteiger partial charge in [-0.1, -0.05) is 57.9 Å². The molecule has 3 aromatic rings. The number of halogens is 2. The van der Waals surface area contributed by atoms with E-state index >= 15 is 0 Å². The van der Waals surface area contributed by atoms with Crippen molar-refractivity contribution in [2.45, 2.75) is 18.7 Å². The van der Waals surface area contributed by atoms with Gasteiger partial charge >= 0.3 is 0 Å². The lowest BCUT2D eigenvalue weighted by Crippen LogP contribution is -2.33. The van der Waals surface area contributed by atoms with Crippen LogP contribution in [-0.2, 0) is 0 Å². The van der Waals surface area contributed by atoms with Crippen molar-refractivity contribution < 1.29 is 9.84 Å². The number of phenolic OH excluding ortho intramolecular Hbond substituents is 1. The molecule has 0 spiro atoms. The first-order valence-corrected chi connectivity index (χ1v) is 10.1. The number of hydrogen-bond acceptors (Lipinski definition) is 4. The molecular weight excluding hydrogens is 440 g/mol. The van der Waals surface area contributed by atoms with Gasteiger partial charge in [0, 0.05) is 21.5 Å². The Labute approximate surface area is 176 Å². The van der Waals surface area contributed by atoms with Crippen molar-refractivity contribution in [3.8, 4) is 11.5 Å². The first-order valence-electron chi connectivity index (χ1n) is 8.96. The molecule has 0 saturated carbocycles. The number of phenols is 1. The van der Waals surface area contributed by atoms with Gasteiger partial charge in [0.1, 0.15) is 11.5 Å². The first kappa shape index (κ1) is 17.6. The zero-order valence-corrected chi connectivity index (χ0v) is 17.1. The van der Waals surface area contributed by atoms with Crippen LogP contribution in [0.5, 0.6) is 11.5 Å². The largest absolute Gasteiger partial charge is 0.507 e. The highest BCUT2D eigenvalue weighted by Crippen LogP contribution is 2.49. The maximum atomic E-state index is 10.5. The van der Waals surface area contributed by atoms with E-state index in [1.54, 1.807) is 18.2 Å². The highest BCUT2D eigenvalue weighted by atomic mass is 79.9. The lowest BCUT2D eigenvalue weighted by Gasteiger charge is -2.38. The summed E-state index contributed by atoms with van der Waals surface area (Å²) < 4.78 is 7.28. The van der Waals surface area contributed by atoms with Gasteiger partial charge in [-0.3, -0.25) is 0 Å². The van der Waals surface area contributed by atoms with E-state index in [1.165, 1.54) is 0 Å². The third kappa shape index (κ3) is 2.95. The fraction of sp³-hybridized carbons (Fsp3) is 0.136. The van der Waals surface area contributed by atoms with Crippen LogP contribution in [0.15, 0.2) is 76.3 Å². The number of hydrogen-bond donors (Lipinski definition) is 1. The SMILES string of the molecule is Oc1ccc(Cl)cc1[C@@H]1Oc2ccc(Br)cc2[C@@H]2CC(c3ccccc3)=NN21. The van der Waals surface area contributed by atoms with Crippen LogP contribution in [0.4, 0.5) is 0 Å². The summed E-state index contributed by atoms with van der Waals surface area (Å²) in [6, 6.07) is 21.1. The van der Waals surface area contributed by atoms with E-state index in [1.807, 2.05) is 35.3 Å². The van der Waals surface area contributed by atoms with Crippen LogP contribution < -0.4 is 4.74 Å². The summed E-state index contributed by atoms with van der Waals surface area (Å²) >= 11 is 9.76. The Balaban J connectivity index is 1.64. The van der Waals surface area contributed by atoms with Crippen molar-refractivity contribution in [1.82, 2.24) is 5.01 Å². The summed E-state index contributed by atoms with van der Waals surface area (Å²) in [5, 5.41) is 17.8. The molecular formula is C22H16BrClN2O2. The van der Waals surface area contributed by atoms with Crippen LogP contribution in [0.25, 0.3) is 0 Å². The Bertz CT molecular complexity index is 1090. The monoisotopic (exact) mass is 454 g/mol. The number of rotatable bonds is 2. The molecule has 0 saturated heterocycles. The van der Waals surface area contributed by atoms with Crippen molar-refractivity contribution in [2.24, 2.45) is 5.10 Å². The Hall–Kier alpha value is -2.50. The molecule has 0 unspecified atom stereocenters. The minimum Gasteiger partial charge on any atom is -0.507 e. The number of nitrogens with zero attached hydrogens (tertiary/aromatic N) is 2. The van der Waals surface area contributed by atoms with E-state index in [-0.39, 0.29) is 11.8 Å². The Kier molecular flexibility index (Phi) is 4.29. The second-order valence-electron chi connectivity index (χ2n) is 6.87. The summed E-state index contributed by atoms with van der Waals surface area (Å²) in [5.74, 6) is 0.926. The van der Waals surface area contributed by atoms with Gasteiger partial charge in [0.25, 0.3) is 0 Å². The van der Waals surface area contributed by atoms with E-state index in [0.29, 0.717) is 10.6 Å². The van der Waals surface area contributed by atoms with Crippen LogP contribution in [0.1, 0.15) is 35.4 Å². The van der Waals surface area contributed by atoms with Crippen LogP contribution in [0.3, 0.4) is 0 Å². The second kappa shape index (κ2) is 6.83. The molecule has 5 rings (SSSR count). The Morgan fingerprint density at radius 3 is 2.68 bits per heavy atom. The van der Waals surface area contributed by atoms with Gasteiger partial charge in [-0.2, -0.15) is 5.10 Å². The molecule has 0 amide bonds. The van der Waals surface area contributed by atoms with Crippen molar-refractivity contribution in [1.29, 1.82) is 0 Å². The summed E-state index contributed by atoms with van der Waals surface area (Å²) in [4.78, 5) is 0. The van der Waals surface area contributed by atoms with Gasteiger partial charge < -0.3 is 9.84 Å². The number of ether oxygens (including phenoxy) is 1. The number of aromatic hydroxyl groups is 1. The fourth-order valence-corrected chi connectivity index (χ4v) is 4.35. The predicted molar refractivity (Wildman–Crippen MR) is 113 cm³/mol. The average molecular weight is 456 g/mol. The summed E-state index contributed by atoms with van der Waals surface area (Å²) in [5.41, 5.74) is 3.75. The lowest BCUT2D eigenvalue weighted by molar-refractivity contribution is -0.0203. The first-order chi connectivity index (χ1) is 13.6. The van der Waals surface area contributed by atoms with Gasteiger partial charge in [-0.05, 0) is 42.0 Å². The molecule has 140 valence electrons. The van der Waals surface area contributed by atoms with Crippen molar-refractivity contribution in [3.05, 3.63) is 92.9 Å². The molecule has 0 aromatic heterocycles. The summed E-state index contributed by atoms with van der Waals surface area (Å²) in [7, 11) is 0. The molecule has 1 N–H and O–H groups in total. The molecule has 0 fully saturated rings. The zero-order chi connectivity index (χ0) is 19.3. The second-order valence-corrected chi connectivity index (χ2v) is 8.22. The Morgan fingerprint density at radius 2 is 1.86 bits per heavy atom. The Morgan fingerprint density at radius 1 is 1.04 bits per heavy atom. The maximum absolute atomic E-state index is 10.5. The molecule has 0 aliphatic carbocycles. The van der Waals surface area contributed by atoms with Crippen LogP contribution in [0.2, 0.25) is 5.02 Å². The average Bonchev–Trinajstić information content (AvgIpc) is 3.16. The molecule has 2 atom stereocenters. The predicted octanol–water partition coefficient (Wildman–Crippen LogP) is 6.05.